The Morgan fingerprint density at radius 3 is 2.22 bits per heavy atom. The molecular formula is C25H17ClF2N2O2. The van der Waals surface area contributed by atoms with E-state index in [2.05, 4.69) is 4.98 Å². The Hall–Kier alpha value is -3.77. The van der Waals surface area contributed by atoms with Crippen molar-refractivity contribution in [2.24, 2.45) is 0 Å². The predicted molar refractivity (Wildman–Crippen MR) is 119 cm³/mol. The molecule has 4 nitrogen and oxygen atoms in total. The Morgan fingerprint density at radius 1 is 0.938 bits per heavy atom. The van der Waals surface area contributed by atoms with Crippen molar-refractivity contribution in [3.63, 3.8) is 0 Å². The third kappa shape index (κ3) is 5.10. The van der Waals surface area contributed by atoms with Gasteiger partial charge in [0.25, 0.3) is 0 Å². The highest BCUT2D eigenvalue weighted by molar-refractivity contribution is 6.31. The molecule has 3 aromatic carbocycles. The molecule has 0 saturated carbocycles. The van der Waals surface area contributed by atoms with Gasteiger partial charge in [-0.3, -0.25) is 0 Å². The second-order valence-corrected chi connectivity index (χ2v) is 7.32. The SMILES string of the molecule is O=C(OC(=Cc1nccn1Cc1ccccc1Cl)c1ccc(F)cc1)c1ccc(F)cc1. The zero-order valence-corrected chi connectivity index (χ0v) is 17.5. The Labute approximate surface area is 188 Å². The number of hydrogen-bond acceptors (Lipinski definition) is 3. The molecule has 0 aliphatic heterocycles. The fraction of sp³-hybridized carbons (Fsp3) is 0.0400. The molecule has 32 heavy (non-hydrogen) atoms. The summed E-state index contributed by atoms with van der Waals surface area (Å²) in [5.74, 6) is -0.873. The van der Waals surface area contributed by atoms with Crippen molar-refractivity contribution in [3.05, 3.63) is 124 Å². The van der Waals surface area contributed by atoms with Crippen LogP contribution in [0.2, 0.25) is 5.02 Å². The first-order chi connectivity index (χ1) is 15.5. The lowest BCUT2D eigenvalue weighted by atomic mass is 10.1. The third-order valence-corrected chi connectivity index (χ3v) is 5.09. The van der Waals surface area contributed by atoms with Crippen molar-refractivity contribution >= 4 is 29.4 Å². The maximum absolute atomic E-state index is 13.4. The summed E-state index contributed by atoms with van der Waals surface area (Å²) in [5.41, 5.74) is 1.56. The Bertz CT molecular complexity index is 1270. The third-order valence-electron chi connectivity index (χ3n) is 4.72. The summed E-state index contributed by atoms with van der Waals surface area (Å²) < 4.78 is 34.1. The van der Waals surface area contributed by atoms with E-state index in [9.17, 15) is 13.6 Å². The molecule has 0 amide bonds. The highest BCUT2D eigenvalue weighted by Gasteiger charge is 2.15. The van der Waals surface area contributed by atoms with Gasteiger partial charge in [-0.1, -0.05) is 29.8 Å². The first-order valence-electron chi connectivity index (χ1n) is 9.69. The monoisotopic (exact) mass is 450 g/mol. The number of carbonyl (C=O) groups is 1. The average molecular weight is 451 g/mol. The molecule has 4 aromatic rings. The van der Waals surface area contributed by atoms with E-state index in [1.807, 2.05) is 22.8 Å². The zero-order valence-electron chi connectivity index (χ0n) is 16.7. The number of halogens is 3. The molecule has 0 N–H and O–H groups in total. The van der Waals surface area contributed by atoms with E-state index in [-0.39, 0.29) is 11.3 Å². The van der Waals surface area contributed by atoms with Gasteiger partial charge in [-0.25, -0.2) is 18.6 Å². The Balaban J connectivity index is 1.68. The van der Waals surface area contributed by atoms with Gasteiger partial charge in [0.1, 0.15) is 23.2 Å². The summed E-state index contributed by atoms with van der Waals surface area (Å²) in [4.78, 5) is 17.0. The molecule has 0 aliphatic carbocycles. The van der Waals surface area contributed by atoms with E-state index in [1.54, 1.807) is 24.5 Å². The fourth-order valence-corrected chi connectivity index (χ4v) is 3.25. The molecule has 0 unspecified atom stereocenters. The molecule has 1 heterocycles. The average Bonchev–Trinajstić information content (AvgIpc) is 3.22. The standard InChI is InChI=1S/C25H17ClF2N2O2/c26-22-4-2-1-3-19(22)16-30-14-13-29-24(30)15-23(17-5-9-20(27)10-6-17)32-25(31)18-7-11-21(28)12-8-18/h1-15H,16H2. The lowest BCUT2D eigenvalue weighted by Gasteiger charge is -2.11. The van der Waals surface area contributed by atoms with Gasteiger partial charge in [0.2, 0.25) is 0 Å². The van der Waals surface area contributed by atoms with Crippen molar-refractivity contribution in [2.75, 3.05) is 0 Å². The highest BCUT2D eigenvalue weighted by atomic mass is 35.5. The van der Waals surface area contributed by atoms with Gasteiger partial charge in [0.05, 0.1) is 12.1 Å². The molecule has 1 aromatic heterocycles. The Morgan fingerprint density at radius 2 is 1.56 bits per heavy atom. The van der Waals surface area contributed by atoms with Crippen LogP contribution in [0, 0.1) is 11.6 Å². The number of benzene rings is 3. The maximum atomic E-state index is 13.4. The van der Waals surface area contributed by atoms with Crippen molar-refractivity contribution in [3.8, 4) is 0 Å². The van der Waals surface area contributed by atoms with Crippen LogP contribution in [-0.4, -0.2) is 15.5 Å². The number of ether oxygens (including phenoxy) is 1. The summed E-state index contributed by atoms with van der Waals surface area (Å²) in [7, 11) is 0. The summed E-state index contributed by atoms with van der Waals surface area (Å²) >= 11 is 6.28. The van der Waals surface area contributed by atoms with E-state index in [0.717, 1.165) is 5.56 Å². The van der Waals surface area contributed by atoms with E-state index in [4.69, 9.17) is 16.3 Å². The molecule has 4 rings (SSSR count). The second kappa shape index (κ2) is 9.58. The number of carbonyl (C=O) groups excluding carboxylic acids is 1. The molecule has 0 radical (unpaired) electrons. The van der Waals surface area contributed by atoms with Crippen LogP contribution in [0.1, 0.15) is 27.3 Å². The normalized spacial score (nSPS) is 11.4. The summed E-state index contributed by atoms with van der Waals surface area (Å²) in [6.45, 7) is 0.452. The first kappa shape index (κ1) is 21.5. The molecule has 0 spiro atoms. The maximum Gasteiger partial charge on any atom is 0.343 e. The number of esters is 1. The quantitative estimate of drug-likeness (QED) is 0.259. The van der Waals surface area contributed by atoms with Crippen LogP contribution < -0.4 is 0 Å². The lowest BCUT2D eigenvalue weighted by Crippen LogP contribution is -2.06. The van der Waals surface area contributed by atoms with Gasteiger partial charge in [-0.05, 0) is 60.2 Å². The van der Waals surface area contributed by atoms with Crippen LogP contribution >= 0.6 is 11.6 Å². The van der Waals surface area contributed by atoms with Crippen molar-refractivity contribution in [1.29, 1.82) is 0 Å². The van der Waals surface area contributed by atoms with Crippen LogP contribution in [0.5, 0.6) is 0 Å². The largest absolute Gasteiger partial charge is 0.422 e. The van der Waals surface area contributed by atoms with E-state index >= 15 is 0 Å². The second-order valence-electron chi connectivity index (χ2n) is 6.92. The van der Waals surface area contributed by atoms with Crippen LogP contribution in [-0.2, 0) is 11.3 Å². The highest BCUT2D eigenvalue weighted by Crippen LogP contribution is 2.23. The molecule has 7 heteroatoms. The minimum absolute atomic E-state index is 0.172. The molecule has 0 fully saturated rings. The van der Waals surface area contributed by atoms with E-state index in [1.165, 1.54) is 48.5 Å². The van der Waals surface area contributed by atoms with Gasteiger partial charge in [-0.2, -0.15) is 0 Å². The lowest BCUT2D eigenvalue weighted by molar-refractivity contribution is 0.0693. The van der Waals surface area contributed by atoms with Crippen molar-refractivity contribution in [1.82, 2.24) is 9.55 Å². The van der Waals surface area contributed by atoms with Gasteiger partial charge in [-0.15, -0.1) is 0 Å². The predicted octanol–water partition coefficient (Wildman–Crippen LogP) is 6.22. The van der Waals surface area contributed by atoms with Crippen molar-refractivity contribution in [2.45, 2.75) is 6.54 Å². The molecule has 0 saturated heterocycles. The first-order valence-corrected chi connectivity index (χ1v) is 10.1. The molecule has 0 atom stereocenters. The van der Waals surface area contributed by atoms with E-state index in [0.29, 0.717) is 23.0 Å². The zero-order chi connectivity index (χ0) is 22.5. The van der Waals surface area contributed by atoms with Crippen molar-refractivity contribution < 1.29 is 18.3 Å². The summed E-state index contributed by atoms with van der Waals surface area (Å²) in [6, 6.07) is 18.0. The fourth-order valence-electron chi connectivity index (χ4n) is 3.05. The van der Waals surface area contributed by atoms with Crippen LogP contribution in [0.4, 0.5) is 8.78 Å². The van der Waals surface area contributed by atoms with Crippen LogP contribution in [0.3, 0.4) is 0 Å². The number of nitrogens with zero attached hydrogens (tertiary/aromatic N) is 2. The summed E-state index contributed by atoms with van der Waals surface area (Å²) in [6.07, 6.45) is 4.98. The minimum atomic E-state index is -0.676. The molecule has 0 bridgehead atoms. The van der Waals surface area contributed by atoms with Gasteiger partial charge in [0.15, 0.2) is 0 Å². The number of aromatic nitrogens is 2. The Kier molecular flexibility index (Phi) is 6.42. The topological polar surface area (TPSA) is 44.1 Å². The van der Waals surface area contributed by atoms with E-state index < -0.39 is 17.6 Å². The summed E-state index contributed by atoms with van der Waals surface area (Å²) in [5, 5.41) is 0.623. The number of hydrogen-bond donors (Lipinski definition) is 0. The molecule has 0 aliphatic rings. The minimum Gasteiger partial charge on any atom is -0.422 e. The van der Waals surface area contributed by atoms with Crippen LogP contribution in [0.25, 0.3) is 11.8 Å². The molecular weight excluding hydrogens is 434 g/mol. The van der Waals surface area contributed by atoms with Crippen LogP contribution in [0.15, 0.2) is 85.2 Å². The molecule has 160 valence electrons. The van der Waals surface area contributed by atoms with Gasteiger partial charge >= 0.3 is 5.97 Å². The number of imidazole rings is 1. The van der Waals surface area contributed by atoms with Gasteiger partial charge in [0, 0.05) is 29.1 Å². The number of rotatable bonds is 6. The van der Waals surface area contributed by atoms with Gasteiger partial charge < -0.3 is 9.30 Å². The smallest absolute Gasteiger partial charge is 0.343 e.